The molecule has 0 fully saturated rings. The summed E-state index contributed by atoms with van der Waals surface area (Å²) < 4.78 is 0. The first-order valence-corrected chi connectivity index (χ1v) is 8.73. The molecule has 4 heteroatoms. The number of carbonyl (C=O) groups excluding carboxylic acids is 1. The molecule has 1 N–H and O–H groups in total. The van der Waals surface area contributed by atoms with Crippen LogP contribution in [-0.2, 0) is 16.6 Å². The summed E-state index contributed by atoms with van der Waals surface area (Å²) in [5.74, 6) is 0.260. The van der Waals surface area contributed by atoms with Gasteiger partial charge in [-0.25, -0.2) is 0 Å². The molecule has 0 spiro atoms. The van der Waals surface area contributed by atoms with Crippen molar-refractivity contribution < 1.29 is 4.79 Å². The second-order valence-electron chi connectivity index (χ2n) is 7.99. The van der Waals surface area contributed by atoms with Crippen LogP contribution in [0.4, 0.5) is 0 Å². The molecule has 1 aromatic carbocycles. The first-order chi connectivity index (χ1) is 11.3. The zero-order valence-corrected chi connectivity index (χ0v) is 15.0. The molecule has 0 saturated heterocycles. The van der Waals surface area contributed by atoms with Crippen molar-refractivity contribution in [1.82, 2.24) is 10.2 Å². The molecular weight excluding hydrogens is 320 g/mol. The maximum atomic E-state index is 13.1. The summed E-state index contributed by atoms with van der Waals surface area (Å²) >= 11 is 6.26. The van der Waals surface area contributed by atoms with Crippen molar-refractivity contribution in [3.8, 4) is 0 Å². The summed E-state index contributed by atoms with van der Waals surface area (Å²) in [4.78, 5) is 13.1. The molecule has 2 aromatic rings. The van der Waals surface area contributed by atoms with E-state index in [1.165, 1.54) is 5.57 Å². The van der Waals surface area contributed by atoms with Gasteiger partial charge in [-0.3, -0.25) is 9.89 Å². The van der Waals surface area contributed by atoms with Gasteiger partial charge in [-0.15, -0.1) is 0 Å². The fourth-order valence-corrected chi connectivity index (χ4v) is 4.75. The molecule has 1 atom stereocenters. The van der Waals surface area contributed by atoms with Gasteiger partial charge in [0.1, 0.15) is 0 Å². The van der Waals surface area contributed by atoms with Crippen molar-refractivity contribution in [1.29, 1.82) is 0 Å². The Bertz CT molecular complexity index is 877. The number of benzene rings is 1. The number of ketones is 1. The van der Waals surface area contributed by atoms with E-state index >= 15 is 0 Å². The number of hydrogen-bond donors (Lipinski definition) is 1. The van der Waals surface area contributed by atoms with Crippen molar-refractivity contribution in [2.75, 3.05) is 0 Å². The van der Waals surface area contributed by atoms with Gasteiger partial charge in [0.2, 0.25) is 0 Å². The number of aromatic nitrogens is 2. The molecule has 4 rings (SSSR count). The maximum Gasteiger partial charge on any atom is 0.160 e. The Morgan fingerprint density at radius 2 is 2.00 bits per heavy atom. The minimum absolute atomic E-state index is 0.0166. The van der Waals surface area contributed by atoms with E-state index in [2.05, 4.69) is 37.0 Å². The third-order valence-electron chi connectivity index (χ3n) is 5.51. The monoisotopic (exact) mass is 340 g/mol. The number of Topliss-reactive ketones (excluding diaryl/α,β-unsaturated/α-hetero) is 1. The third kappa shape index (κ3) is 2.18. The van der Waals surface area contributed by atoms with Crippen LogP contribution in [0.5, 0.6) is 0 Å². The Morgan fingerprint density at radius 1 is 1.21 bits per heavy atom. The standard InChI is InChI=1S/C20H21ClN2O/c1-19(2)9-12-7-16-15(11-22-23-16)20(3,18(12)17(24)10-19)13-5-4-6-14(21)8-13/h4-6,8,11H,7,9-10H2,1-3H3,(H,22,23)/t20-/m0/s1. The van der Waals surface area contributed by atoms with E-state index in [1.54, 1.807) is 0 Å². The van der Waals surface area contributed by atoms with Crippen LogP contribution in [0.15, 0.2) is 41.6 Å². The van der Waals surface area contributed by atoms with Crippen LogP contribution in [0.2, 0.25) is 5.02 Å². The summed E-state index contributed by atoms with van der Waals surface area (Å²) in [6.45, 7) is 6.49. The van der Waals surface area contributed by atoms with Gasteiger partial charge in [0, 0.05) is 40.1 Å². The van der Waals surface area contributed by atoms with E-state index in [-0.39, 0.29) is 11.2 Å². The molecule has 0 amide bonds. The summed E-state index contributed by atoms with van der Waals surface area (Å²) in [5.41, 5.74) is 4.99. The lowest BCUT2D eigenvalue weighted by molar-refractivity contribution is -0.118. The third-order valence-corrected chi connectivity index (χ3v) is 5.75. The Morgan fingerprint density at radius 3 is 2.75 bits per heavy atom. The van der Waals surface area contributed by atoms with Crippen LogP contribution in [-0.4, -0.2) is 16.0 Å². The topological polar surface area (TPSA) is 45.8 Å². The van der Waals surface area contributed by atoms with Gasteiger partial charge in [-0.1, -0.05) is 43.2 Å². The Labute approximate surface area is 147 Å². The SMILES string of the molecule is CC1(C)CC(=O)C2=C(Cc3[nH]ncc3[C@]2(C)c2cccc(Cl)c2)C1. The van der Waals surface area contributed by atoms with E-state index in [0.717, 1.165) is 35.2 Å². The average molecular weight is 341 g/mol. The number of nitrogens with one attached hydrogen (secondary N) is 1. The molecule has 0 aliphatic heterocycles. The van der Waals surface area contributed by atoms with E-state index < -0.39 is 5.41 Å². The lowest BCUT2D eigenvalue weighted by Gasteiger charge is -2.43. The summed E-state index contributed by atoms with van der Waals surface area (Å²) in [6.07, 6.45) is 4.20. The highest BCUT2D eigenvalue weighted by molar-refractivity contribution is 6.30. The maximum absolute atomic E-state index is 13.1. The van der Waals surface area contributed by atoms with Crippen molar-refractivity contribution in [2.45, 2.75) is 45.4 Å². The van der Waals surface area contributed by atoms with E-state index in [9.17, 15) is 4.79 Å². The van der Waals surface area contributed by atoms with Crippen LogP contribution >= 0.6 is 11.6 Å². The summed E-state index contributed by atoms with van der Waals surface area (Å²) in [5, 5.41) is 8.10. The van der Waals surface area contributed by atoms with Crippen molar-refractivity contribution in [2.24, 2.45) is 5.41 Å². The molecule has 3 nitrogen and oxygen atoms in total. The highest BCUT2D eigenvalue weighted by Crippen LogP contribution is 2.51. The minimum atomic E-state index is -0.492. The van der Waals surface area contributed by atoms with Crippen molar-refractivity contribution >= 4 is 17.4 Å². The number of hydrogen-bond acceptors (Lipinski definition) is 2. The molecule has 0 saturated carbocycles. The molecule has 2 aliphatic rings. The van der Waals surface area contributed by atoms with Crippen LogP contribution in [0.3, 0.4) is 0 Å². The number of nitrogens with zero attached hydrogens (tertiary/aromatic N) is 1. The zero-order chi connectivity index (χ0) is 17.1. The number of carbonyl (C=O) groups is 1. The Hall–Kier alpha value is -1.87. The fourth-order valence-electron chi connectivity index (χ4n) is 4.56. The first kappa shape index (κ1) is 15.6. The molecule has 2 aliphatic carbocycles. The number of aromatic amines is 1. The van der Waals surface area contributed by atoms with Gasteiger partial charge in [-0.05, 0) is 36.5 Å². The first-order valence-electron chi connectivity index (χ1n) is 8.36. The van der Waals surface area contributed by atoms with Gasteiger partial charge < -0.3 is 0 Å². The lowest BCUT2D eigenvalue weighted by atomic mass is 9.59. The predicted octanol–water partition coefficient (Wildman–Crippen LogP) is 4.61. The van der Waals surface area contributed by atoms with Gasteiger partial charge in [0.25, 0.3) is 0 Å². The Kier molecular flexibility index (Phi) is 3.30. The molecule has 1 heterocycles. The fraction of sp³-hybridized carbons (Fsp3) is 0.400. The quantitative estimate of drug-likeness (QED) is 0.823. The zero-order valence-electron chi connectivity index (χ0n) is 14.2. The molecule has 0 bridgehead atoms. The van der Waals surface area contributed by atoms with Crippen LogP contribution < -0.4 is 0 Å². The van der Waals surface area contributed by atoms with E-state index in [0.29, 0.717) is 11.4 Å². The molecule has 1 aromatic heterocycles. The second-order valence-corrected chi connectivity index (χ2v) is 8.43. The molecule has 0 unspecified atom stereocenters. The molecule has 0 radical (unpaired) electrons. The summed E-state index contributed by atoms with van der Waals surface area (Å²) in [6, 6.07) is 7.86. The number of H-pyrrole nitrogens is 1. The molecule has 124 valence electrons. The summed E-state index contributed by atoms with van der Waals surface area (Å²) in [7, 11) is 0. The number of allylic oxidation sites excluding steroid dienone is 2. The van der Waals surface area contributed by atoms with Crippen LogP contribution in [0.25, 0.3) is 0 Å². The highest BCUT2D eigenvalue weighted by Gasteiger charge is 2.47. The number of rotatable bonds is 1. The van der Waals surface area contributed by atoms with Gasteiger partial charge in [-0.2, -0.15) is 5.10 Å². The lowest BCUT2D eigenvalue weighted by Crippen LogP contribution is -2.40. The molecular formula is C20H21ClN2O. The van der Waals surface area contributed by atoms with Crippen molar-refractivity contribution in [3.63, 3.8) is 0 Å². The largest absolute Gasteiger partial charge is 0.294 e. The Balaban J connectivity index is 2.00. The van der Waals surface area contributed by atoms with Crippen LogP contribution in [0, 0.1) is 5.41 Å². The smallest absolute Gasteiger partial charge is 0.160 e. The van der Waals surface area contributed by atoms with E-state index in [4.69, 9.17) is 11.6 Å². The predicted molar refractivity (Wildman–Crippen MR) is 95.2 cm³/mol. The number of fused-ring (bicyclic) bond motifs is 1. The van der Waals surface area contributed by atoms with Crippen LogP contribution in [0.1, 0.15) is 50.4 Å². The second kappa shape index (κ2) is 5.06. The minimum Gasteiger partial charge on any atom is -0.294 e. The van der Waals surface area contributed by atoms with Gasteiger partial charge in [0.15, 0.2) is 5.78 Å². The van der Waals surface area contributed by atoms with Gasteiger partial charge in [0.05, 0.1) is 6.20 Å². The van der Waals surface area contributed by atoms with E-state index in [1.807, 2.05) is 24.4 Å². The van der Waals surface area contributed by atoms with Crippen molar-refractivity contribution in [3.05, 3.63) is 63.5 Å². The highest BCUT2D eigenvalue weighted by atomic mass is 35.5. The number of halogens is 1. The molecule has 24 heavy (non-hydrogen) atoms. The average Bonchev–Trinajstić information content (AvgIpc) is 2.94. The van der Waals surface area contributed by atoms with Gasteiger partial charge >= 0.3 is 0 Å². The normalized spacial score (nSPS) is 25.4.